The molecular formula is C14H12N2O4. The Morgan fingerprint density at radius 3 is 2.10 bits per heavy atom. The molecule has 0 radical (unpaired) electrons. The van der Waals surface area contributed by atoms with Gasteiger partial charge in [0.25, 0.3) is 0 Å². The van der Waals surface area contributed by atoms with E-state index in [2.05, 4.69) is 0 Å². The Morgan fingerprint density at radius 1 is 0.800 bits per heavy atom. The van der Waals surface area contributed by atoms with Crippen LogP contribution in [-0.4, -0.2) is 9.85 Å². The van der Waals surface area contributed by atoms with Crippen molar-refractivity contribution in [2.75, 3.05) is 0 Å². The van der Waals surface area contributed by atoms with E-state index in [0.29, 0.717) is 18.4 Å². The Morgan fingerprint density at radius 2 is 1.50 bits per heavy atom. The van der Waals surface area contributed by atoms with Gasteiger partial charge in [-0.25, -0.2) is 0 Å². The van der Waals surface area contributed by atoms with Gasteiger partial charge in [-0.3, -0.25) is 20.2 Å². The maximum atomic E-state index is 11.1. The molecule has 0 fully saturated rings. The summed E-state index contributed by atoms with van der Waals surface area (Å²) >= 11 is 0. The molecule has 0 saturated heterocycles. The first-order valence-corrected chi connectivity index (χ1v) is 6.04. The zero-order valence-electron chi connectivity index (χ0n) is 10.6. The van der Waals surface area contributed by atoms with Crippen LogP contribution < -0.4 is 0 Å². The maximum Gasteiger partial charge on any atom is 0.349 e. The normalized spacial score (nSPS) is 10.2. The van der Waals surface area contributed by atoms with Crippen molar-refractivity contribution in [2.45, 2.75) is 12.8 Å². The molecule has 0 unspecified atom stereocenters. The number of benzene rings is 2. The van der Waals surface area contributed by atoms with E-state index in [1.807, 2.05) is 30.3 Å². The molecule has 6 heteroatoms. The van der Waals surface area contributed by atoms with Crippen LogP contribution in [0.15, 0.2) is 48.5 Å². The number of hydrogen-bond donors (Lipinski definition) is 0. The number of nitro benzene ring substituents is 2. The first-order valence-electron chi connectivity index (χ1n) is 6.04. The number of aryl methyl sites for hydroxylation is 2. The van der Waals surface area contributed by atoms with Gasteiger partial charge in [-0.05, 0) is 18.4 Å². The smallest absolute Gasteiger partial charge is 0.258 e. The molecule has 102 valence electrons. The summed E-state index contributed by atoms with van der Waals surface area (Å²) in [6.45, 7) is 0. The first kappa shape index (κ1) is 13.7. The fourth-order valence-corrected chi connectivity index (χ4v) is 2.06. The third-order valence-electron chi connectivity index (χ3n) is 3.00. The van der Waals surface area contributed by atoms with Crippen molar-refractivity contribution in [1.82, 2.24) is 0 Å². The second kappa shape index (κ2) is 5.92. The predicted octanol–water partition coefficient (Wildman–Crippen LogP) is 3.29. The third-order valence-corrected chi connectivity index (χ3v) is 3.00. The SMILES string of the molecule is O=[N+]([O-])c1cccc(CCc2ccccc2)c1[N+](=O)[O-]. The lowest BCUT2D eigenvalue weighted by molar-refractivity contribution is -0.423. The van der Waals surface area contributed by atoms with Crippen molar-refractivity contribution in [3.63, 3.8) is 0 Å². The van der Waals surface area contributed by atoms with Crippen LogP contribution in [0.4, 0.5) is 11.4 Å². The quantitative estimate of drug-likeness (QED) is 0.617. The lowest BCUT2D eigenvalue weighted by Crippen LogP contribution is -2.02. The Kier molecular flexibility index (Phi) is 4.05. The fraction of sp³-hybridized carbons (Fsp3) is 0.143. The third kappa shape index (κ3) is 2.97. The largest absolute Gasteiger partial charge is 0.349 e. The van der Waals surface area contributed by atoms with Gasteiger partial charge in [-0.2, -0.15) is 0 Å². The summed E-state index contributed by atoms with van der Waals surface area (Å²) in [4.78, 5) is 20.5. The van der Waals surface area contributed by atoms with Crippen LogP contribution in [0.1, 0.15) is 11.1 Å². The van der Waals surface area contributed by atoms with Crippen LogP contribution in [0.25, 0.3) is 0 Å². The molecule has 0 bridgehead atoms. The molecule has 0 aliphatic carbocycles. The van der Waals surface area contributed by atoms with E-state index in [4.69, 9.17) is 0 Å². The van der Waals surface area contributed by atoms with E-state index in [9.17, 15) is 20.2 Å². The molecule has 2 aromatic carbocycles. The summed E-state index contributed by atoms with van der Waals surface area (Å²) in [7, 11) is 0. The summed E-state index contributed by atoms with van der Waals surface area (Å²) in [5.41, 5.74) is 0.551. The van der Waals surface area contributed by atoms with Crippen molar-refractivity contribution >= 4 is 11.4 Å². The van der Waals surface area contributed by atoms with Gasteiger partial charge in [0.15, 0.2) is 0 Å². The number of nitrogens with zero attached hydrogens (tertiary/aromatic N) is 2. The van der Waals surface area contributed by atoms with Gasteiger partial charge in [0.1, 0.15) is 0 Å². The summed E-state index contributed by atoms with van der Waals surface area (Å²) in [5, 5.41) is 21.9. The minimum absolute atomic E-state index is 0.382. The fourth-order valence-electron chi connectivity index (χ4n) is 2.06. The molecule has 20 heavy (non-hydrogen) atoms. The zero-order chi connectivity index (χ0) is 14.5. The molecule has 0 aliphatic rings. The van der Waals surface area contributed by atoms with E-state index in [-0.39, 0.29) is 0 Å². The van der Waals surface area contributed by atoms with Crippen molar-refractivity contribution in [3.05, 3.63) is 79.9 Å². The Bertz CT molecular complexity index is 641. The van der Waals surface area contributed by atoms with Crippen LogP contribution in [-0.2, 0) is 12.8 Å². The predicted molar refractivity (Wildman–Crippen MR) is 73.6 cm³/mol. The Labute approximate surface area is 115 Å². The standard InChI is InChI=1S/C14H12N2O4/c17-15(18)13-8-4-7-12(14(13)16(19)20)10-9-11-5-2-1-3-6-11/h1-8H,9-10H2. The summed E-state index contributed by atoms with van der Waals surface area (Å²) in [5.74, 6) is 0. The van der Waals surface area contributed by atoms with Gasteiger partial charge in [0.05, 0.1) is 9.85 Å². The number of nitro groups is 2. The lowest BCUT2D eigenvalue weighted by atomic mass is 10.0. The van der Waals surface area contributed by atoms with Gasteiger partial charge >= 0.3 is 11.4 Å². The molecule has 0 amide bonds. The number of hydrogen-bond acceptors (Lipinski definition) is 4. The lowest BCUT2D eigenvalue weighted by Gasteiger charge is -2.04. The van der Waals surface area contributed by atoms with Gasteiger partial charge in [-0.1, -0.05) is 42.5 Å². The average Bonchev–Trinajstić information content (AvgIpc) is 2.45. The monoisotopic (exact) mass is 272 g/mol. The topological polar surface area (TPSA) is 86.3 Å². The first-order chi connectivity index (χ1) is 9.59. The van der Waals surface area contributed by atoms with Crippen molar-refractivity contribution in [3.8, 4) is 0 Å². The molecule has 0 aromatic heterocycles. The minimum Gasteiger partial charge on any atom is -0.258 e. The van der Waals surface area contributed by atoms with Crippen molar-refractivity contribution < 1.29 is 9.85 Å². The van der Waals surface area contributed by atoms with E-state index in [1.165, 1.54) is 6.07 Å². The zero-order valence-corrected chi connectivity index (χ0v) is 10.6. The van der Waals surface area contributed by atoms with E-state index in [1.54, 1.807) is 6.07 Å². The van der Waals surface area contributed by atoms with Crippen LogP contribution in [0.2, 0.25) is 0 Å². The van der Waals surface area contributed by atoms with E-state index < -0.39 is 21.2 Å². The van der Waals surface area contributed by atoms with Crippen LogP contribution in [0, 0.1) is 20.2 Å². The van der Waals surface area contributed by atoms with Gasteiger partial charge in [-0.15, -0.1) is 0 Å². The molecular weight excluding hydrogens is 260 g/mol. The molecule has 0 heterocycles. The molecule has 2 rings (SSSR count). The molecule has 6 nitrogen and oxygen atoms in total. The van der Waals surface area contributed by atoms with Crippen LogP contribution in [0.5, 0.6) is 0 Å². The number of para-hydroxylation sites is 1. The minimum atomic E-state index is -0.718. The van der Waals surface area contributed by atoms with Crippen molar-refractivity contribution in [1.29, 1.82) is 0 Å². The van der Waals surface area contributed by atoms with Crippen LogP contribution in [0.3, 0.4) is 0 Å². The highest BCUT2D eigenvalue weighted by Gasteiger charge is 2.27. The molecule has 0 aliphatic heterocycles. The molecule has 0 N–H and O–H groups in total. The Balaban J connectivity index is 2.30. The Hall–Kier alpha value is -2.76. The van der Waals surface area contributed by atoms with E-state index in [0.717, 1.165) is 11.6 Å². The highest BCUT2D eigenvalue weighted by atomic mass is 16.6. The highest BCUT2D eigenvalue weighted by Crippen LogP contribution is 2.31. The van der Waals surface area contributed by atoms with Gasteiger partial charge in [0.2, 0.25) is 0 Å². The van der Waals surface area contributed by atoms with Crippen molar-refractivity contribution in [2.24, 2.45) is 0 Å². The molecule has 0 saturated carbocycles. The molecule has 0 spiro atoms. The van der Waals surface area contributed by atoms with E-state index >= 15 is 0 Å². The maximum absolute atomic E-state index is 11.1. The van der Waals surface area contributed by atoms with Gasteiger partial charge < -0.3 is 0 Å². The molecule has 2 aromatic rings. The second-order valence-electron chi connectivity index (χ2n) is 4.28. The highest BCUT2D eigenvalue weighted by molar-refractivity contribution is 5.57. The number of rotatable bonds is 5. The van der Waals surface area contributed by atoms with Gasteiger partial charge in [0, 0.05) is 11.6 Å². The molecule has 0 atom stereocenters. The van der Waals surface area contributed by atoms with Crippen LogP contribution >= 0.6 is 0 Å². The summed E-state index contributed by atoms with van der Waals surface area (Å²) in [6.07, 6.45) is 0.991. The average molecular weight is 272 g/mol. The second-order valence-corrected chi connectivity index (χ2v) is 4.28. The summed E-state index contributed by atoms with van der Waals surface area (Å²) in [6, 6.07) is 13.7. The summed E-state index contributed by atoms with van der Waals surface area (Å²) < 4.78 is 0.